The Morgan fingerprint density at radius 2 is 1.83 bits per heavy atom. The van der Waals surface area contributed by atoms with Crippen molar-refractivity contribution in [1.29, 1.82) is 0 Å². The standard InChI is InChI=1S/C31H26N8O2/c1-19(35-30(40)28-26-18-33-14-15-38(26)36-29(28)32)25-16-22-9-7-8-21(12-13-23-17-34-37(3)20(23)2)27(22)31(41)39(25)24-10-5-4-6-11-24/h4-11,14-19H,1-3H3,(H2,32,36)(H,35,40)/t19-/m0/s1. The Bertz CT molecular complexity index is 2080. The van der Waals surface area contributed by atoms with E-state index in [2.05, 4.69) is 32.3 Å². The number of nitrogen functional groups attached to an aromatic ring is 1. The second-order valence-corrected chi connectivity index (χ2v) is 9.69. The number of rotatable bonds is 4. The minimum absolute atomic E-state index is 0.0914. The van der Waals surface area contributed by atoms with Crippen molar-refractivity contribution >= 4 is 28.0 Å². The van der Waals surface area contributed by atoms with Gasteiger partial charge in [0.25, 0.3) is 11.5 Å². The molecule has 10 heteroatoms. The SMILES string of the molecule is Cc1c(C#Cc2cccc3cc([C@H](C)NC(=O)c4c(N)nn5ccncc45)n(-c4ccccc4)c(=O)c23)cnn1C. The average Bonchev–Trinajstić information content (AvgIpc) is 3.49. The molecular formula is C31H26N8O2. The summed E-state index contributed by atoms with van der Waals surface area (Å²) in [6, 6.07) is 16.2. The molecule has 0 saturated heterocycles. The number of para-hydroxylation sites is 1. The number of nitrogens with one attached hydrogen (secondary N) is 1. The van der Waals surface area contributed by atoms with Crippen LogP contribution in [-0.4, -0.2) is 34.9 Å². The van der Waals surface area contributed by atoms with E-state index in [0.29, 0.717) is 33.2 Å². The summed E-state index contributed by atoms with van der Waals surface area (Å²) in [5.41, 5.74) is 10.2. The fourth-order valence-corrected chi connectivity index (χ4v) is 4.90. The molecule has 0 unspecified atom stereocenters. The van der Waals surface area contributed by atoms with Crippen LogP contribution in [0.15, 0.2) is 84.2 Å². The highest BCUT2D eigenvalue weighted by atomic mass is 16.2. The Hall–Kier alpha value is -5.69. The molecule has 0 aliphatic heterocycles. The van der Waals surface area contributed by atoms with Gasteiger partial charge in [0, 0.05) is 36.4 Å². The summed E-state index contributed by atoms with van der Waals surface area (Å²) in [4.78, 5) is 31.8. The minimum atomic E-state index is -0.571. The van der Waals surface area contributed by atoms with Gasteiger partial charge in [0.1, 0.15) is 5.56 Å². The summed E-state index contributed by atoms with van der Waals surface area (Å²) < 4.78 is 4.89. The number of carbonyl (C=O) groups excluding carboxylic acids is 1. The molecule has 0 aliphatic rings. The van der Waals surface area contributed by atoms with Crippen molar-refractivity contribution in [3.05, 3.63) is 118 Å². The van der Waals surface area contributed by atoms with Crippen LogP contribution in [0.3, 0.4) is 0 Å². The van der Waals surface area contributed by atoms with Crippen molar-refractivity contribution in [2.75, 3.05) is 5.73 Å². The maximum atomic E-state index is 14.2. The van der Waals surface area contributed by atoms with Crippen molar-refractivity contribution < 1.29 is 4.79 Å². The molecule has 202 valence electrons. The zero-order valence-corrected chi connectivity index (χ0v) is 22.7. The molecule has 0 aliphatic carbocycles. The Labute approximate surface area is 235 Å². The van der Waals surface area contributed by atoms with Crippen LogP contribution in [0.1, 0.15) is 45.8 Å². The summed E-state index contributed by atoms with van der Waals surface area (Å²) in [7, 11) is 1.86. The van der Waals surface area contributed by atoms with E-state index in [-0.39, 0.29) is 16.9 Å². The number of aromatic nitrogens is 6. The summed E-state index contributed by atoms with van der Waals surface area (Å²) in [6.07, 6.45) is 6.44. The molecule has 4 heterocycles. The molecular weight excluding hydrogens is 516 g/mol. The molecule has 0 fully saturated rings. The molecule has 4 aromatic heterocycles. The van der Waals surface area contributed by atoms with Gasteiger partial charge in [-0.05, 0) is 43.5 Å². The first-order valence-electron chi connectivity index (χ1n) is 13.0. The highest BCUT2D eigenvalue weighted by molar-refractivity contribution is 6.05. The smallest absolute Gasteiger partial charge is 0.264 e. The van der Waals surface area contributed by atoms with E-state index in [9.17, 15) is 9.59 Å². The Balaban J connectivity index is 1.48. The molecule has 6 aromatic rings. The topological polar surface area (TPSA) is 125 Å². The van der Waals surface area contributed by atoms with Gasteiger partial charge >= 0.3 is 0 Å². The molecule has 2 aromatic carbocycles. The molecule has 41 heavy (non-hydrogen) atoms. The van der Waals surface area contributed by atoms with Crippen molar-refractivity contribution in [3.63, 3.8) is 0 Å². The number of anilines is 1. The van der Waals surface area contributed by atoms with E-state index < -0.39 is 11.9 Å². The monoisotopic (exact) mass is 542 g/mol. The fourth-order valence-electron chi connectivity index (χ4n) is 4.90. The lowest BCUT2D eigenvalue weighted by molar-refractivity contribution is 0.0941. The molecule has 1 amide bonds. The van der Waals surface area contributed by atoms with Crippen LogP contribution in [0, 0.1) is 18.8 Å². The van der Waals surface area contributed by atoms with Crippen LogP contribution in [0.25, 0.3) is 22.0 Å². The van der Waals surface area contributed by atoms with Crippen molar-refractivity contribution in [2.24, 2.45) is 7.05 Å². The maximum absolute atomic E-state index is 14.2. The Kier molecular flexibility index (Phi) is 6.32. The number of pyridine rings is 1. The first-order valence-corrected chi connectivity index (χ1v) is 13.0. The first-order chi connectivity index (χ1) is 19.8. The third-order valence-electron chi connectivity index (χ3n) is 7.14. The zero-order chi connectivity index (χ0) is 28.7. The van der Waals surface area contributed by atoms with E-state index in [1.807, 2.05) is 75.5 Å². The quantitative estimate of drug-likeness (QED) is 0.328. The first kappa shape index (κ1) is 25.6. The molecule has 0 spiro atoms. The number of carbonyl (C=O) groups is 1. The second kappa shape index (κ2) is 10.1. The summed E-state index contributed by atoms with van der Waals surface area (Å²) in [5, 5.41) is 12.7. The average molecular weight is 543 g/mol. The van der Waals surface area contributed by atoms with Gasteiger partial charge in [-0.15, -0.1) is 5.10 Å². The van der Waals surface area contributed by atoms with Gasteiger partial charge in [0.15, 0.2) is 5.82 Å². The molecule has 0 radical (unpaired) electrons. The van der Waals surface area contributed by atoms with Gasteiger partial charge in [-0.25, -0.2) is 4.52 Å². The van der Waals surface area contributed by atoms with Gasteiger partial charge in [0.05, 0.1) is 40.6 Å². The minimum Gasteiger partial charge on any atom is -0.382 e. The number of fused-ring (bicyclic) bond motifs is 2. The zero-order valence-electron chi connectivity index (χ0n) is 22.7. The molecule has 3 N–H and O–H groups in total. The third-order valence-corrected chi connectivity index (χ3v) is 7.14. The molecule has 10 nitrogen and oxygen atoms in total. The van der Waals surface area contributed by atoms with Crippen molar-refractivity contribution in [1.82, 2.24) is 34.3 Å². The van der Waals surface area contributed by atoms with Gasteiger partial charge in [-0.2, -0.15) is 5.10 Å². The van der Waals surface area contributed by atoms with E-state index in [1.54, 1.807) is 27.8 Å². The van der Waals surface area contributed by atoms with Gasteiger partial charge in [0.2, 0.25) is 0 Å². The van der Waals surface area contributed by atoms with Crippen LogP contribution in [-0.2, 0) is 7.05 Å². The predicted molar refractivity (Wildman–Crippen MR) is 157 cm³/mol. The normalized spacial score (nSPS) is 11.8. The number of amides is 1. The van der Waals surface area contributed by atoms with E-state index in [0.717, 1.165) is 11.3 Å². The third kappa shape index (κ3) is 4.49. The Morgan fingerprint density at radius 1 is 1.05 bits per heavy atom. The summed E-state index contributed by atoms with van der Waals surface area (Å²) in [6.45, 7) is 3.77. The highest BCUT2D eigenvalue weighted by Gasteiger charge is 2.23. The maximum Gasteiger partial charge on any atom is 0.264 e. The lowest BCUT2D eigenvalue weighted by atomic mass is 10.0. The number of benzene rings is 2. The Morgan fingerprint density at radius 3 is 2.59 bits per heavy atom. The number of nitrogens with zero attached hydrogens (tertiary/aromatic N) is 6. The molecule has 0 saturated carbocycles. The largest absolute Gasteiger partial charge is 0.382 e. The highest BCUT2D eigenvalue weighted by Crippen LogP contribution is 2.25. The van der Waals surface area contributed by atoms with Crippen LogP contribution in [0.2, 0.25) is 0 Å². The summed E-state index contributed by atoms with van der Waals surface area (Å²) >= 11 is 0. The fraction of sp³-hybridized carbons (Fsp3) is 0.129. The molecule has 0 bridgehead atoms. The van der Waals surface area contributed by atoms with E-state index >= 15 is 0 Å². The van der Waals surface area contributed by atoms with E-state index in [4.69, 9.17) is 5.73 Å². The molecule has 1 atom stereocenters. The van der Waals surface area contributed by atoms with Crippen LogP contribution in [0.5, 0.6) is 0 Å². The second-order valence-electron chi connectivity index (χ2n) is 9.69. The summed E-state index contributed by atoms with van der Waals surface area (Å²) in [5.74, 6) is 6.02. The molecule has 6 rings (SSSR count). The van der Waals surface area contributed by atoms with Crippen LogP contribution in [0.4, 0.5) is 5.82 Å². The van der Waals surface area contributed by atoms with Crippen LogP contribution < -0.4 is 16.6 Å². The lowest BCUT2D eigenvalue weighted by Crippen LogP contribution is -2.32. The number of hydrogen-bond acceptors (Lipinski definition) is 6. The van der Waals surface area contributed by atoms with Crippen LogP contribution >= 0.6 is 0 Å². The van der Waals surface area contributed by atoms with Crippen molar-refractivity contribution in [2.45, 2.75) is 19.9 Å². The van der Waals surface area contributed by atoms with Gasteiger partial charge in [-0.3, -0.25) is 23.8 Å². The van der Waals surface area contributed by atoms with E-state index in [1.165, 1.54) is 10.7 Å². The van der Waals surface area contributed by atoms with Gasteiger partial charge < -0.3 is 11.1 Å². The number of hydrogen-bond donors (Lipinski definition) is 2. The van der Waals surface area contributed by atoms with Crippen molar-refractivity contribution in [3.8, 4) is 17.5 Å². The lowest BCUT2D eigenvalue weighted by Gasteiger charge is -2.21. The van der Waals surface area contributed by atoms with Gasteiger partial charge in [-0.1, -0.05) is 42.2 Å². The predicted octanol–water partition coefficient (Wildman–Crippen LogP) is 3.55. The number of nitrogens with two attached hydrogens (primary N) is 1. The number of aryl methyl sites for hydroxylation is 1.